The summed E-state index contributed by atoms with van der Waals surface area (Å²) in [5.74, 6) is 0.193. The van der Waals surface area contributed by atoms with E-state index < -0.39 is 0 Å². The Hall–Kier alpha value is -1.91. The summed E-state index contributed by atoms with van der Waals surface area (Å²) in [5, 5.41) is 0.831. The molecule has 0 fully saturated rings. The maximum Gasteiger partial charge on any atom is 0.252 e. The number of nitrogens with zero attached hydrogens (tertiary/aromatic N) is 3. The van der Waals surface area contributed by atoms with Crippen LogP contribution in [0.1, 0.15) is 13.3 Å². The van der Waals surface area contributed by atoms with Crippen LogP contribution in [0.3, 0.4) is 0 Å². The zero-order valence-corrected chi connectivity index (χ0v) is 8.47. The van der Waals surface area contributed by atoms with Crippen LogP contribution in [-0.4, -0.2) is 14.5 Å². The Bertz CT molecular complexity index is 547. The second-order valence-electron chi connectivity index (χ2n) is 3.33. The second-order valence-corrected chi connectivity index (χ2v) is 3.33. The van der Waals surface area contributed by atoms with E-state index in [1.54, 1.807) is 16.8 Å². The zero-order chi connectivity index (χ0) is 10.8. The molecule has 0 aliphatic carbocycles. The first-order valence-corrected chi connectivity index (χ1v) is 4.84. The van der Waals surface area contributed by atoms with Crippen LogP contribution >= 0.6 is 0 Å². The highest BCUT2D eigenvalue weighted by Gasteiger charge is 2.04. The van der Waals surface area contributed by atoms with Crippen LogP contribution in [0.25, 0.3) is 11.0 Å². The predicted octanol–water partition coefficient (Wildman–Crippen LogP) is 0.784. The molecule has 5 heteroatoms. The van der Waals surface area contributed by atoms with Crippen molar-refractivity contribution in [1.29, 1.82) is 0 Å². The van der Waals surface area contributed by atoms with Crippen LogP contribution in [0.15, 0.2) is 23.1 Å². The summed E-state index contributed by atoms with van der Waals surface area (Å²) in [7, 11) is 0. The molecule has 0 bridgehead atoms. The van der Waals surface area contributed by atoms with E-state index >= 15 is 0 Å². The van der Waals surface area contributed by atoms with E-state index in [0.717, 1.165) is 11.8 Å². The molecule has 0 radical (unpaired) electrons. The van der Waals surface area contributed by atoms with Gasteiger partial charge in [0.05, 0.1) is 0 Å². The smallest absolute Gasteiger partial charge is 0.252 e. The minimum absolute atomic E-state index is 0.0533. The number of hydrogen-bond donors (Lipinski definition) is 1. The van der Waals surface area contributed by atoms with Crippen molar-refractivity contribution >= 4 is 17.0 Å². The number of pyridine rings is 1. The van der Waals surface area contributed by atoms with Gasteiger partial charge in [-0.3, -0.25) is 9.36 Å². The molecule has 0 aliphatic heterocycles. The number of hydrogen-bond acceptors (Lipinski definition) is 4. The molecule has 0 saturated carbocycles. The van der Waals surface area contributed by atoms with Gasteiger partial charge in [-0.2, -0.15) is 4.98 Å². The summed E-state index contributed by atoms with van der Waals surface area (Å²) < 4.78 is 1.62. The first kappa shape index (κ1) is 9.64. The van der Waals surface area contributed by atoms with Crippen molar-refractivity contribution in [3.05, 3.63) is 28.7 Å². The highest BCUT2D eigenvalue weighted by atomic mass is 16.1. The minimum Gasteiger partial charge on any atom is -0.368 e. The highest BCUT2D eigenvalue weighted by Crippen LogP contribution is 2.09. The van der Waals surface area contributed by atoms with Crippen LogP contribution in [0.4, 0.5) is 5.95 Å². The van der Waals surface area contributed by atoms with Gasteiger partial charge in [-0.15, -0.1) is 0 Å². The normalized spacial score (nSPS) is 10.7. The lowest BCUT2D eigenvalue weighted by Crippen LogP contribution is -2.20. The van der Waals surface area contributed by atoms with Gasteiger partial charge in [0, 0.05) is 24.2 Å². The highest BCUT2D eigenvalue weighted by molar-refractivity contribution is 5.74. The van der Waals surface area contributed by atoms with Gasteiger partial charge in [0.2, 0.25) is 5.95 Å². The SMILES string of the molecule is CCCn1c(=O)ccc2cnc(N)nc21. The van der Waals surface area contributed by atoms with E-state index in [1.165, 1.54) is 6.07 Å². The Morgan fingerprint density at radius 3 is 3.00 bits per heavy atom. The van der Waals surface area contributed by atoms with Crippen LogP contribution in [-0.2, 0) is 6.54 Å². The van der Waals surface area contributed by atoms with Gasteiger partial charge >= 0.3 is 0 Å². The number of aromatic nitrogens is 3. The fourth-order valence-electron chi connectivity index (χ4n) is 1.52. The number of rotatable bonds is 2. The predicted molar refractivity (Wildman–Crippen MR) is 58.5 cm³/mol. The van der Waals surface area contributed by atoms with Gasteiger partial charge in [0.25, 0.3) is 5.56 Å². The number of anilines is 1. The molecule has 2 heterocycles. The lowest BCUT2D eigenvalue weighted by molar-refractivity contribution is 0.671. The van der Waals surface area contributed by atoms with Gasteiger partial charge < -0.3 is 5.73 Å². The first-order valence-electron chi connectivity index (χ1n) is 4.84. The van der Waals surface area contributed by atoms with E-state index in [2.05, 4.69) is 9.97 Å². The molecule has 5 nitrogen and oxygen atoms in total. The summed E-state index contributed by atoms with van der Waals surface area (Å²) in [6, 6.07) is 3.24. The van der Waals surface area contributed by atoms with E-state index in [-0.39, 0.29) is 11.5 Å². The molecule has 0 unspecified atom stereocenters. The molecule has 2 N–H and O–H groups in total. The summed E-state index contributed by atoms with van der Waals surface area (Å²) in [6.07, 6.45) is 2.51. The molecule has 0 aliphatic rings. The monoisotopic (exact) mass is 204 g/mol. The van der Waals surface area contributed by atoms with Crippen LogP contribution in [0, 0.1) is 0 Å². The van der Waals surface area contributed by atoms with Gasteiger partial charge in [0.15, 0.2) is 0 Å². The van der Waals surface area contributed by atoms with E-state index in [0.29, 0.717) is 12.2 Å². The topological polar surface area (TPSA) is 73.8 Å². The van der Waals surface area contributed by atoms with E-state index in [9.17, 15) is 4.79 Å². The van der Waals surface area contributed by atoms with Crippen molar-refractivity contribution in [2.75, 3.05) is 5.73 Å². The maximum absolute atomic E-state index is 11.6. The molecular weight excluding hydrogens is 192 g/mol. The summed E-state index contributed by atoms with van der Waals surface area (Å²) in [4.78, 5) is 19.6. The Labute approximate surface area is 86.6 Å². The molecular formula is C10H12N4O. The average Bonchev–Trinajstić information content (AvgIpc) is 2.23. The maximum atomic E-state index is 11.6. The molecule has 78 valence electrons. The molecule has 15 heavy (non-hydrogen) atoms. The summed E-state index contributed by atoms with van der Waals surface area (Å²) in [6.45, 7) is 2.66. The van der Waals surface area contributed by atoms with Crippen molar-refractivity contribution in [1.82, 2.24) is 14.5 Å². The molecule has 2 rings (SSSR count). The third kappa shape index (κ3) is 1.68. The van der Waals surface area contributed by atoms with Crippen LogP contribution in [0.5, 0.6) is 0 Å². The molecule has 2 aromatic rings. The van der Waals surface area contributed by atoms with Gasteiger partial charge in [0.1, 0.15) is 5.65 Å². The third-order valence-corrected chi connectivity index (χ3v) is 2.19. The third-order valence-electron chi connectivity index (χ3n) is 2.19. The molecule has 0 atom stereocenters. The Morgan fingerprint density at radius 2 is 2.27 bits per heavy atom. The average molecular weight is 204 g/mol. The van der Waals surface area contributed by atoms with Gasteiger partial charge in [-0.25, -0.2) is 4.98 Å². The largest absolute Gasteiger partial charge is 0.368 e. The molecule has 0 spiro atoms. The fourth-order valence-corrected chi connectivity index (χ4v) is 1.52. The van der Waals surface area contributed by atoms with Crippen molar-refractivity contribution in [2.45, 2.75) is 19.9 Å². The van der Waals surface area contributed by atoms with Crippen LogP contribution < -0.4 is 11.3 Å². The number of aryl methyl sites for hydroxylation is 1. The Kier molecular flexibility index (Phi) is 2.37. The standard InChI is InChI=1S/C10H12N4O/c1-2-5-14-8(15)4-3-7-6-12-10(11)13-9(7)14/h3-4,6H,2,5H2,1H3,(H2,11,12,13). The number of nitrogen functional groups attached to an aromatic ring is 1. The first-order chi connectivity index (χ1) is 7.22. The van der Waals surface area contributed by atoms with E-state index in [4.69, 9.17) is 5.73 Å². The zero-order valence-electron chi connectivity index (χ0n) is 8.47. The number of fused-ring (bicyclic) bond motifs is 1. The van der Waals surface area contributed by atoms with E-state index in [1.807, 2.05) is 6.92 Å². The lowest BCUT2D eigenvalue weighted by Gasteiger charge is -2.07. The molecule has 2 aromatic heterocycles. The number of nitrogens with two attached hydrogens (primary N) is 1. The quantitative estimate of drug-likeness (QED) is 0.784. The second kappa shape index (κ2) is 3.68. The lowest BCUT2D eigenvalue weighted by atomic mass is 10.3. The molecule has 0 aromatic carbocycles. The summed E-state index contributed by atoms with van der Waals surface area (Å²) >= 11 is 0. The minimum atomic E-state index is -0.0533. The molecule has 0 amide bonds. The van der Waals surface area contributed by atoms with Crippen LogP contribution in [0.2, 0.25) is 0 Å². The molecule has 0 saturated heterocycles. The van der Waals surface area contributed by atoms with Crippen molar-refractivity contribution in [3.8, 4) is 0 Å². The Morgan fingerprint density at radius 1 is 1.47 bits per heavy atom. The van der Waals surface area contributed by atoms with Gasteiger partial charge in [-0.05, 0) is 12.5 Å². The van der Waals surface area contributed by atoms with Crippen molar-refractivity contribution < 1.29 is 0 Å². The van der Waals surface area contributed by atoms with Crippen molar-refractivity contribution in [3.63, 3.8) is 0 Å². The fraction of sp³-hybridized carbons (Fsp3) is 0.300. The van der Waals surface area contributed by atoms with Gasteiger partial charge in [-0.1, -0.05) is 6.92 Å². The Balaban J connectivity index is 2.78. The van der Waals surface area contributed by atoms with Crippen molar-refractivity contribution in [2.24, 2.45) is 0 Å². The summed E-state index contributed by atoms with van der Waals surface area (Å²) in [5.41, 5.74) is 6.06.